The van der Waals surface area contributed by atoms with Gasteiger partial charge < -0.3 is 5.32 Å². The van der Waals surface area contributed by atoms with Crippen LogP contribution in [-0.2, 0) is 4.79 Å². The van der Waals surface area contributed by atoms with E-state index in [2.05, 4.69) is 37.6 Å². The molecule has 0 aromatic rings. The monoisotopic (exact) mass is 332 g/mol. The molecule has 0 aromatic carbocycles. The Kier molecular flexibility index (Phi) is 9.05. The topological polar surface area (TPSA) is 32.3 Å². The molecule has 0 aliphatic heterocycles. The number of nitrogens with one attached hydrogen (secondary N) is 1. The first-order valence-electron chi connectivity index (χ1n) is 9.48. The van der Waals surface area contributed by atoms with Crippen molar-refractivity contribution in [3.63, 3.8) is 0 Å². The first-order valence-corrected chi connectivity index (χ1v) is 9.48. The molecule has 136 valence electrons. The van der Waals surface area contributed by atoms with Crippen molar-refractivity contribution in [1.82, 2.24) is 10.2 Å². The molecule has 1 aliphatic carbocycles. The van der Waals surface area contributed by atoms with Crippen LogP contribution in [0.5, 0.6) is 0 Å². The number of allylic oxidation sites excluding steroid dienone is 4. The van der Waals surface area contributed by atoms with Gasteiger partial charge in [0.15, 0.2) is 5.78 Å². The number of Topliss-reactive ketones (excluding diaryl/α,β-unsaturated/α-hetero) is 1. The Balaban J connectivity index is 2.89. The Morgan fingerprint density at radius 2 is 1.71 bits per heavy atom. The van der Waals surface area contributed by atoms with Gasteiger partial charge >= 0.3 is 0 Å². The number of nitrogens with zero attached hydrogens (tertiary/aromatic N) is 1. The molecule has 0 bridgehead atoms. The molecular weight excluding hydrogens is 296 g/mol. The van der Waals surface area contributed by atoms with Gasteiger partial charge in [-0.15, -0.1) is 0 Å². The number of hydrogen-bond acceptors (Lipinski definition) is 3. The number of carbonyl (C=O) groups excluding carboxylic acids is 1. The van der Waals surface area contributed by atoms with Gasteiger partial charge in [-0.2, -0.15) is 0 Å². The van der Waals surface area contributed by atoms with Crippen molar-refractivity contribution in [1.29, 1.82) is 0 Å². The summed E-state index contributed by atoms with van der Waals surface area (Å²) in [6.07, 6.45) is 6.84. The number of carbonyl (C=O) groups is 1. The van der Waals surface area contributed by atoms with Gasteiger partial charge in [0.05, 0.1) is 0 Å². The van der Waals surface area contributed by atoms with Gasteiger partial charge in [0, 0.05) is 23.5 Å². The lowest BCUT2D eigenvalue weighted by Gasteiger charge is -2.25. The van der Waals surface area contributed by atoms with E-state index >= 15 is 0 Å². The van der Waals surface area contributed by atoms with Crippen LogP contribution in [0.2, 0.25) is 0 Å². The van der Waals surface area contributed by atoms with E-state index in [4.69, 9.17) is 0 Å². The second-order valence-corrected chi connectivity index (χ2v) is 7.03. The number of rotatable bonds is 10. The van der Waals surface area contributed by atoms with E-state index in [0.29, 0.717) is 0 Å². The summed E-state index contributed by atoms with van der Waals surface area (Å²) in [5.74, 6) is 0.156. The summed E-state index contributed by atoms with van der Waals surface area (Å²) in [6.45, 7) is 17.5. The van der Waals surface area contributed by atoms with Gasteiger partial charge in [0.25, 0.3) is 0 Å². The molecule has 24 heavy (non-hydrogen) atoms. The van der Waals surface area contributed by atoms with Crippen molar-refractivity contribution in [2.45, 2.75) is 73.1 Å². The van der Waals surface area contributed by atoms with Gasteiger partial charge in [-0.05, 0) is 78.0 Å². The summed E-state index contributed by atoms with van der Waals surface area (Å²) >= 11 is 0. The molecule has 0 saturated carbocycles. The van der Waals surface area contributed by atoms with E-state index < -0.39 is 0 Å². The van der Waals surface area contributed by atoms with Crippen molar-refractivity contribution in [3.8, 4) is 0 Å². The molecule has 1 rings (SSSR count). The standard InChI is InChI=1S/C21H36N2O/c1-7-13-23(14-8-2)15-17(4)22-18(5)21(19(6)24)20-12-10-9-11-16(20)3/h22H,4,7-15H2,1-3,5-6H3/b21-18+. The molecule has 0 radical (unpaired) electrons. The Morgan fingerprint density at radius 3 is 2.21 bits per heavy atom. The third-order valence-electron chi connectivity index (χ3n) is 4.63. The summed E-state index contributed by atoms with van der Waals surface area (Å²) in [4.78, 5) is 14.7. The van der Waals surface area contributed by atoms with E-state index in [0.717, 1.165) is 62.3 Å². The van der Waals surface area contributed by atoms with E-state index in [1.165, 1.54) is 24.0 Å². The fourth-order valence-electron chi connectivity index (χ4n) is 3.64. The Bertz CT molecular complexity index is 508. The SMILES string of the molecule is C=C(CN(CCC)CCC)N/C(C)=C(\C(C)=O)C1=C(C)CCCC1. The third kappa shape index (κ3) is 6.27. The summed E-state index contributed by atoms with van der Waals surface area (Å²) < 4.78 is 0. The Hall–Kier alpha value is -1.35. The van der Waals surface area contributed by atoms with Crippen LogP contribution in [-0.4, -0.2) is 30.3 Å². The van der Waals surface area contributed by atoms with Gasteiger partial charge in [-0.25, -0.2) is 0 Å². The minimum Gasteiger partial charge on any atom is -0.361 e. The van der Waals surface area contributed by atoms with Crippen LogP contribution in [0.25, 0.3) is 0 Å². The maximum Gasteiger partial charge on any atom is 0.161 e. The smallest absolute Gasteiger partial charge is 0.161 e. The van der Waals surface area contributed by atoms with Gasteiger partial charge in [-0.3, -0.25) is 9.69 Å². The molecule has 0 unspecified atom stereocenters. The zero-order chi connectivity index (χ0) is 18.1. The molecule has 0 saturated heterocycles. The molecule has 1 N–H and O–H groups in total. The van der Waals surface area contributed by atoms with Crippen molar-refractivity contribution in [2.75, 3.05) is 19.6 Å². The first kappa shape index (κ1) is 20.7. The lowest BCUT2D eigenvalue weighted by molar-refractivity contribution is -0.113. The highest BCUT2D eigenvalue weighted by molar-refractivity contribution is 5.98. The van der Waals surface area contributed by atoms with Crippen LogP contribution in [0.15, 0.2) is 34.7 Å². The molecule has 0 heterocycles. The van der Waals surface area contributed by atoms with Gasteiger partial charge in [0.2, 0.25) is 0 Å². The summed E-state index contributed by atoms with van der Waals surface area (Å²) in [5.41, 5.74) is 5.44. The molecule has 0 amide bonds. The van der Waals surface area contributed by atoms with Crippen LogP contribution in [0.4, 0.5) is 0 Å². The fourth-order valence-corrected chi connectivity index (χ4v) is 3.64. The predicted octanol–water partition coefficient (Wildman–Crippen LogP) is 4.97. The Labute approximate surface area is 148 Å². The normalized spacial score (nSPS) is 16.2. The highest BCUT2D eigenvalue weighted by Crippen LogP contribution is 2.31. The van der Waals surface area contributed by atoms with E-state index in [9.17, 15) is 4.79 Å². The average molecular weight is 333 g/mol. The molecule has 0 aromatic heterocycles. The molecule has 3 heteroatoms. The molecule has 0 fully saturated rings. The quantitative estimate of drug-likeness (QED) is 0.574. The van der Waals surface area contributed by atoms with Crippen molar-refractivity contribution in [2.24, 2.45) is 0 Å². The summed E-state index contributed by atoms with van der Waals surface area (Å²) in [7, 11) is 0. The average Bonchev–Trinajstić information content (AvgIpc) is 2.49. The van der Waals surface area contributed by atoms with E-state index in [-0.39, 0.29) is 5.78 Å². The minimum absolute atomic E-state index is 0.156. The second-order valence-electron chi connectivity index (χ2n) is 7.03. The van der Waals surface area contributed by atoms with Crippen molar-refractivity contribution < 1.29 is 4.79 Å². The minimum atomic E-state index is 0.156. The van der Waals surface area contributed by atoms with Crippen LogP contribution in [0.1, 0.15) is 73.1 Å². The highest BCUT2D eigenvalue weighted by Gasteiger charge is 2.19. The third-order valence-corrected chi connectivity index (χ3v) is 4.63. The number of ketones is 1. The lowest BCUT2D eigenvalue weighted by atomic mass is 9.85. The maximum atomic E-state index is 12.3. The Morgan fingerprint density at radius 1 is 1.12 bits per heavy atom. The summed E-state index contributed by atoms with van der Waals surface area (Å²) in [6, 6.07) is 0. The predicted molar refractivity (Wildman–Crippen MR) is 104 cm³/mol. The van der Waals surface area contributed by atoms with Crippen LogP contribution in [0, 0.1) is 0 Å². The van der Waals surface area contributed by atoms with Crippen LogP contribution < -0.4 is 5.32 Å². The molecular formula is C21H36N2O. The van der Waals surface area contributed by atoms with Crippen molar-refractivity contribution in [3.05, 3.63) is 34.7 Å². The van der Waals surface area contributed by atoms with Crippen LogP contribution in [0.3, 0.4) is 0 Å². The van der Waals surface area contributed by atoms with E-state index in [1.54, 1.807) is 6.92 Å². The number of hydrogen-bond donors (Lipinski definition) is 1. The molecule has 1 aliphatic rings. The molecule has 0 atom stereocenters. The summed E-state index contributed by atoms with van der Waals surface area (Å²) in [5, 5.41) is 3.41. The van der Waals surface area contributed by atoms with Gasteiger partial charge in [0.1, 0.15) is 0 Å². The van der Waals surface area contributed by atoms with Crippen molar-refractivity contribution >= 4 is 5.78 Å². The highest BCUT2D eigenvalue weighted by atomic mass is 16.1. The molecule has 3 nitrogen and oxygen atoms in total. The fraction of sp³-hybridized carbons (Fsp3) is 0.667. The van der Waals surface area contributed by atoms with Crippen LogP contribution >= 0.6 is 0 Å². The lowest BCUT2D eigenvalue weighted by Crippen LogP contribution is -2.31. The molecule has 0 spiro atoms. The van der Waals surface area contributed by atoms with Gasteiger partial charge in [-0.1, -0.05) is 26.0 Å². The first-order chi connectivity index (χ1) is 11.4. The second kappa shape index (κ2) is 10.5. The maximum absolute atomic E-state index is 12.3. The zero-order valence-electron chi connectivity index (χ0n) is 16.4. The largest absolute Gasteiger partial charge is 0.361 e. The van der Waals surface area contributed by atoms with E-state index in [1.807, 2.05) is 6.92 Å². The zero-order valence-corrected chi connectivity index (χ0v) is 16.4.